The minimum atomic E-state index is -0.432. The fourth-order valence-electron chi connectivity index (χ4n) is 4.98. The van der Waals surface area contributed by atoms with Crippen molar-refractivity contribution in [2.24, 2.45) is 0 Å². The van der Waals surface area contributed by atoms with Gasteiger partial charge in [-0.1, -0.05) is 35.3 Å². The lowest BCUT2D eigenvalue weighted by atomic mass is 9.69. The standard InChI is InChI=1S/C24H23Cl2NO4/c1-27-10-9-24-8-7-16(30-23(28)14-3-5-17(25)18(26)11-14)12-20(24)31-22-19(29-2)6-4-15(13-27)21(22)24/h3-8,11,16,20H,9-10,12-13H2,1-2H3/t16?,20-,24-/m0/s1. The number of esters is 1. The minimum absolute atomic E-state index is 0.124. The molecule has 0 saturated heterocycles. The van der Waals surface area contributed by atoms with Crippen LogP contribution in [0.4, 0.5) is 0 Å². The summed E-state index contributed by atoms with van der Waals surface area (Å²) in [5.41, 5.74) is 2.61. The number of ether oxygens (including phenoxy) is 3. The van der Waals surface area contributed by atoms with Gasteiger partial charge in [-0.25, -0.2) is 4.79 Å². The van der Waals surface area contributed by atoms with Crippen LogP contribution in [0.1, 0.15) is 34.3 Å². The number of nitrogens with zero attached hydrogens (tertiary/aromatic N) is 1. The Morgan fingerprint density at radius 3 is 2.84 bits per heavy atom. The Kier molecular flexibility index (Phi) is 5.16. The first-order chi connectivity index (χ1) is 14.9. The molecule has 0 amide bonds. The van der Waals surface area contributed by atoms with E-state index in [0.717, 1.165) is 31.0 Å². The van der Waals surface area contributed by atoms with Crippen molar-refractivity contribution in [1.29, 1.82) is 0 Å². The molecule has 5 nitrogen and oxygen atoms in total. The Hall–Kier alpha value is -2.21. The van der Waals surface area contributed by atoms with Crippen molar-refractivity contribution >= 4 is 29.2 Å². The van der Waals surface area contributed by atoms with E-state index in [-0.39, 0.29) is 17.6 Å². The van der Waals surface area contributed by atoms with Crippen LogP contribution in [0.5, 0.6) is 11.5 Å². The molecular formula is C24H23Cl2NO4. The number of rotatable bonds is 3. The van der Waals surface area contributed by atoms with E-state index >= 15 is 0 Å². The summed E-state index contributed by atoms with van der Waals surface area (Å²) in [5.74, 6) is 1.13. The first-order valence-corrected chi connectivity index (χ1v) is 11.1. The average Bonchev–Trinajstić information content (AvgIpc) is 3.01. The third-order valence-corrected chi connectivity index (χ3v) is 7.28. The first-order valence-electron chi connectivity index (χ1n) is 10.3. The van der Waals surface area contributed by atoms with Crippen molar-refractivity contribution in [1.82, 2.24) is 4.90 Å². The van der Waals surface area contributed by atoms with Crippen molar-refractivity contribution in [3.63, 3.8) is 0 Å². The molecule has 1 unspecified atom stereocenters. The Morgan fingerprint density at radius 2 is 2.06 bits per heavy atom. The maximum atomic E-state index is 12.7. The fraction of sp³-hybridized carbons (Fsp3) is 0.375. The molecule has 2 aliphatic heterocycles. The summed E-state index contributed by atoms with van der Waals surface area (Å²) in [7, 11) is 3.80. The molecule has 2 heterocycles. The Bertz CT molecular complexity index is 1090. The lowest BCUT2D eigenvalue weighted by molar-refractivity contribution is 0.0218. The van der Waals surface area contributed by atoms with Crippen molar-refractivity contribution < 1.29 is 19.0 Å². The van der Waals surface area contributed by atoms with E-state index in [9.17, 15) is 4.79 Å². The molecule has 0 N–H and O–H groups in total. The number of carbonyl (C=O) groups is 1. The zero-order valence-electron chi connectivity index (χ0n) is 17.4. The molecule has 0 radical (unpaired) electrons. The van der Waals surface area contributed by atoms with Crippen LogP contribution < -0.4 is 9.47 Å². The van der Waals surface area contributed by atoms with Gasteiger partial charge >= 0.3 is 5.97 Å². The van der Waals surface area contributed by atoms with Crippen molar-refractivity contribution in [2.45, 2.75) is 37.0 Å². The summed E-state index contributed by atoms with van der Waals surface area (Å²) in [6.45, 7) is 1.82. The SMILES string of the molecule is COc1ccc2c3c1O[C@H]1CC(OC(=O)c4ccc(Cl)c(Cl)c4)C=C[C@@]31CCN(C)C2. The van der Waals surface area contributed by atoms with E-state index in [1.807, 2.05) is 12.1 Å². The van der Waals surface area contributed by atoms with Gasteiger partial charge in [0.15, 0.2) is 11.5 Å². The molecule has 0 bridgehead atoms. The second-order valence-electron chi connectivity index (χ2n) is 8.43. The summed E-state index contributed by atoms with van der Waals surface area (Å²) in [5, 5.41) is 0.726. The zero-order chi connectivity index (χ0) is 21.8. The lowest BCUT2D eigenvalue weighted by Gasteiger charge is -2.36. The molecule has 2 aromatic carbocycles. The summed E-state index contributed by atoms with van der Waals surface area (Å²) in [6, 6.07) is 8.85. The zero-order valence-corrected chi connectivity index (χ0v) is 18.9. The largest absolute Gasteiger partial charge is 0.493 e. The predicted octanol–water partition coefficient (Wildman–Crippen LogP) is 5.02. The van der Waals surface area contributed by atoms with E-state index in [1.54, 1.807) is 19.2 Å². The summed E-state index contributed by atoms with van der Waals surface area (Å²) < 4.78 is 17.8. The number of methoxy groups -OCH3 is 1. The highest BCUT2D eigenvalue weighted by atomic mass is 35.5. The van der Waals surface area contributed by atoms with Gasteiger partial charge in [-0.2, -0.15) is 0 Å². The van der Waals surface area contributed by atoms with Crippen LogP contribution in [0.3, 0.4) is 0 Å². The van der Waals surface area contributed by atoms with Gasteiger partial charge in [0.05, 0.1) is 28.1 Å². The molecular weight excluding hydrogens is 437 g/mol. The molecule has 0 saturated carbocycles. The quantitative estimate of drug-likeness (QED) is 0.476. The van der Waals surface area contributed by atoms with E-state index in [1.165, 1.54) is 17.2 Å². The lowest BCUT2D eigenvalue weighted by Crippen LogP contribution is -2.43. The minimum Gasteiger partial charge on any atom is -0.493 e. The van der Waals surface area contributed by atoms with Crippen LogP contribution in [-0.4, -0.2) is 43.8 Å². The smallest absolute Gasteiger partial charge is 0.338 e. The highest BCUT2D eigenvalue weighted by Gasteiger charge is 2.53. The summed E-state index contributed by atoms with van der Waals surface area (Å²) in [6.07, 6.45) is 5.18. The van der Waals surface area contributed by atoms with Gasteiger partial charge in [-0.15, -0.1) is 0 Å². The molecule has 0 fully saturated rings. The molecule has 7 heteroatoms. The molecule has 0 aromatic heterocycles. The number of hydrogen-bond acceptors (Lipinski definition) is 5. The van der Waals surface area contributed by atoms with Gasteiger partial charge in [0.25, 0.3) is 0 Å². The van der Waals surface area contributed by atoms with Gasteiger partial charge in [0, 0.05) is 18.5 Å². The van der Waals surface area contributed by atoms with Crippen LogP contribution in [0.2, 0.25) is 10.0 Å². The van der Waals surface area contributed by atoms with E-state index in [4.69, 9.17) is 37.4 Å². The molecule has 5 rings (SSSR count). The maximum absolute atomic E-state index is 12.7. The predicted molar refractivity (Wildman–Crippen MR) is 119 cm³/mol. The van der Waals surface area contributed by atoms with Crippen molar-refractivity contribution in [2.75, 3.05) is 20.7 Å². The Labute approximate surface area is 191 Å². The second-order valence-corrected chi connectivity index (χ2v) is 9.25. The molecule has 3 atom stereocenters. The Morgan fingerprint density at radius 1 is 1.23 bits per heavy atom. The van der Waals surface area contributed by atoms with Gasteiger partial charge < -0.3 is 19.1 Å². The van der Waals surface area contributed by atoms with Crippen LogP contribution in [0, 0.1) is 0 Å². The monoisotopic (exact) mass is 459 g/mol. The number of benzene rings is 2. The second kappa shape index (κ2) is 7.73. The van der Waals surface area contributed by atoms with Crippen molar-refractivity contribution in [3.8, 4) is 11.5 Å². The normalized spacial score (nSPS) is 26.5. The number of carbonyl (C=O) groups excluding carboxylic acids is 1. The highest BCUT2D eigenvalue weighted by molar-refractivity contribution is 6.42. The Balaban J connectivity index is 1.45. The molecule has 31 heavy (non-hydrogen) atoms. The highest BCUT2D eigenvalue weighted by Crippen LogP contribution is 2.55. The third kappa shape index (κ3) is 3.39. The van der Waals surface area contributed by atoms with E-state index in [2.05, 4.69) is 24.1 Å². The van der Waals surface area contributed by atoms with E-state index < -0.39 is 5.97 Å². The third-order valence-electron chi connectivity index (χ3n) is 6.54. The van der Waals surface area contributed by atoms with Gasteiger partial charge in [-0.3, -0.25) is 0 Å². The van der Waals surface area contributed by atoms with Crippen LogP contribution in [-0.2, 0) is 16.7 Å². The summed E-state index contributed by atoms with van der Waals surface area (Å²) >= 11 is 12.0. The van der Waals surface area contributed by atoms with Crippen LogP contribution >= 0.6 is 23.2 Å². The first kappa shape index (κ1) is 20.7. The van der Waals surface area contributed by atoms with Crippen LogP contribution in [0.15, 0.2) is 42.5 Å². The van der Waals surface area contributed by atoms with Gasteiger partial charge in [-0.05, 0) is 55.9 Å². The molecule has 2 aromatic rings. The maximum Gasteiger partial charge on any atom is 0.338 e. The summed E-state index contributed by atoms with van der Waals surface area (Å²) in [4.78, 5) is 15.0. The van der Waals surface area contributed by atoms with Crippen molar-refractivity contribution in [3.05, 3.63) is 69.2 Å². The molecule has 162 valence electrons. The topological polar surface area (TPSA) is 48.0 Å². The van der Waals surface area contributed by atoms with Gasteiger partial charge in [0.1, 0.15) is 12.2 Å². The molecule has 1 spiro atoms. The number of hydrogen-bond donors (Lipinski definition) is 0. The average molecular weight is 460 g/mol. The van der Waals surface area contributed by atoms with E-state index in [0.29, 0.717) is 22.0 Å². The van der Waals surface area contributed by atoms with Gasteiger partial charge in [0.2, 0.25) is 0 Å². The number of halogens is 2. The molecule has 1 aliphatic carbocycles. The van der Waals surface area contributed by atoms with Crippen LogP contribution in [0.25, 0.3) is 0 Å². The molecule has 3 aliphatic rings. The fourth-order valence-corrected chi connectivity index (χ4v) is 5.28.